The molecule has 0 aliphatic rings. The highest BCUT2D eigenvalue weighted by Crippen LogP contribution is 2.21. The van der Waals surface area contributed by atoms with E-state index in [-0.39, 0.29) is 0 Å². The van der Waals surface area contributed by atoms with E-state index < -0.39 is 0 Å². The van der Waals surface area contributed by atoms with Crippen molar-refractivity contribution in [3.8, 4) is 0 Å². The minimum atomic E-state index is 0.348. The lowest BCUT2D eigenvalue weighted by atomic mass is 9.86. The van der Waals surface area contributed by atoms with E-state index in [9.17, 15) is 4.79 Å². The summed E-state index contributed by atoms with van der Waals surface area (Å²) in [5, 5.41) is 0. The molecule has 0 aliphatic heterocycles. The van der Waals surface area contributed by atoms with Crippen molar-refractivity contribution in [1.82, 2.24) is 0 Å². The second-order valence-corrected chi connectivity index (χ2v) is 4.63. The SMILES string of the molecule is CCCC(CCC)C(=O)CC(CC)CC. The summed E-state index contributed by atoms with van der Waals surface area (Å²) < 4.78 is 0. The molecule has 0 aromatic rings. The summed E-state index contributed by atoms with van der Waals surface area (Å²) in [5.41, 5.74) is 0. The molecule has 90 valence electrons. The summed E-state index contributed by atoms with van der Waals surface area (Å²) in [7, 11) is 0. The lowest BCUT2D eigenvalue weighted by Crippen LogP contribution is -2.17. The fraction of sp³-hybridized carbons (Fsp3) is 0.929. The zero-order chi connectivity index (χ0) is 11.7. The molecule has 0 spiro atoms. The predicted molar refractivity (Wildman–Crippen MR) is 67.0 cm³/mol. The van der Waals surface area contributed by atoms with E-state index >= 15 is 0 Å². The van der Waals surface area contributed by atoms with Gasteiger partial charge < -0.3 is 0 Å². The standard InChI is InChI=1S/C14H28O/c1-5-9-13(10-6-2)14(15)11-12(7-3)8-4/h12-13H,5-11H2,1-4H3. The van der Waals surface area contributed by atoms with Crippen LogP contribution in [-0.4, -0.2) is 5.78 Å². The van der Waals surface area contributed by atoms with Gasteiger partial charge in [0.05, 0.1) is 0 Å². The van der Waals surface area contributed by atoms with Gasteiger partial charge in [0.15, 0.2) is 0 Å². The van der Waals surface area contributed by atoms with Crippen molar-refractivity contribution in [2.75, 3.05) is 0 Å². The Morgan fingerprint density at radius 3 is 1.73 bits per heavy atom. The average Bonchev–Trinajstić information content (AvgIpc) is 2.25. The highest BCUT2D eigenvalue weighted by molar-refractivity contribution is 5.81. The van der Waals surface area contributed by atoms with Gasteiger partial charge in [-0.25, -0.2) is 0 Å². The second kappa shape index (κ2) is 8.94. The quantitative estimate of drug-likeness (QED) is 0.546. The third kappa shape index (κ3) is 5.96. The summed E-state index contributed by atoms with van der Waals surface area (Å²) in [4.78, 5) is 12.1. The van der Waals surface area contributed by atoms with E-state index in [4.69, 9.17) is 0 Å². The maximum Gasteiger partial charge on any atom is 0.136 e. The van der Waals surface area contributed by atoms with Crippen LogP contribution in [0.15, 0.2) is 0 Å². The van der Waals surface area contributed by atoms with Crippen molar-refractivity contribution in [1.29, 1.82) is 0 Å². The topological polar surface area (TPSA) is 17.1 Å². The zero-order valence-corrected chi connectivity index (χ0v) is 11.0. The number of carbonyl (C=O) groups excluding carboxylic acids is 1. The lowest BCUT2D eigenvalue weighted by Gasteiger charge is -2.17. The first-order valence-corrected chi connectivity index (χ1v) is 6.72. The first-order valence-electron chi connectivity index (χ1n) is 6.72. The van der Waals surface area contributed by atoms with Gasteiger partial charge in [-0.2, -0.15) is 0 Å². The Balaban J connectivity index is 4.10. The molecule has 0 aromatic carbocycles. The highest BCUT2D eigenvalue weighted by Gasteiger charge is 2.19. The van der Waals surface area contributed by atoms with Gasteiger partial charge in [0.2, 0.25) is 0 Å². The van der Waals surface area contributed by atoms with Crippen LogP contribution in [0.2, 0.25) is 0 Å². The monoisotopic (exact) mass is 212 g/mol. The molecule has 0 bridgehead atoms. The van der Waals surface area contributed by atoms with Gasteiger partial charge in [-0.15, -0.1) is 0 Å². The molecule has 15 heavy (non-hydrogen) atoms. The van der Waals surface area contributed by atoms with Crippen LogP contribution >= 0.6 is 0 Å². The van der Waals surface area contributed by atoms with E-state index in [0.29, 0.717) is 17.6 Å². The van der Waals surface area contributed by atoms with Gasteiger partial charge in [-0.05, 0) is 18.8 Å². The van der Waals surface area contributed by atoms with E-state index in [1.165, 1.54) is 0 Å². The summed E-state index contributed by atoms with van der Waals surface area (Å²) in [5.74, 6) is 1.49. The van der Waals surface area contributed by atoms with E-state index in [1.54, 1.807) is 0 Å². The maximum atomic E-state index is 12.1. The minimum absolute atomic E-state index is 0.348. The molecular weight excluding hydrogens is 184 g/mol. The normalized spacial score (nSPS) is 11.3. The Kier molecular flexibility index (Phi) is 8.74. The molecule has 1 nitrogen and oxygen atoms in total. The largest absolute Gasteiger partial charge is 0.299 e. The van der Waals surface area contributed by atoms with Gasteiger partial charge >= 0.3 is 0 Å². The summed E-state index contributed by atoms with van der Waals surface area (Å²) >= 11 is 0. The predicted octanol–water partition coefficient (Wildman–Crippen LogP) is 4.60. The van der Waals surface area contributed by atoms with Crippen LogP contribution in [0, 0.1) is 11.8 Å². The number of hydrogen-bond acceptors (Lipinski definition) is 1. The van der Waals surface area contributed by atoms with Gasteiger partial charge in [-0.1, -0.05) is 53.4 Å². The third-order valence-corrected chi connectivity index (χ3v) is 3.37. The summed E-state index contributed by atoms with van der Waals surface area (Å²) in [6, 6.07) is 0. The molecule has 0 N–H and O–H groups in total. The Labute approximate surface area is 95.6 Å². The van der Waals surface area contributed by atoms with Crippen molar-refractivity contribution in [3.63, 3.8) is 0 Å². The molecule has 0 aliphatic carbocycles. The average molecular weight is 212 g/mol. The van der Waals surface area contributed by atoms with E-state index in [1.807, 2.05) is 0 Å². The first kappa shape index (κ1) is 14.7. The maximum absolute atomic E-state index is 12.1. The molecule has 1 heteroatoms. The molecule has 0 fully saturated rings. The Bertz CT molecular complexity index is 153. The van der Waals surface area contributed by atoms with Crippen molar-refractivity contribution >= 4 is 5.78 Å². The van der Waals surface area contributed by atoms with Crippen LogP contribution in [0.25, 0.3) is 0 Å². The number of ketones is 1. The summed E-state index contributed by atoms with van der Waals surface area (Å²) in [6.45, 7) is 8.73. The van der Waals surface area contributed by atoms with Crippen molar-refractivity contribution < 1.29 is 4.79 Å². The molecule has 0 radical (unpaired) electrons. The van der Waals surface area contributed by atoms with Crippen LogP contribution < -0.4 is 0 Å². The Morgan fingerprint density at radius 2 is 1.40 bits per heavy atom. The van der Waals surface area contributed by atoms with Gasteiger partial charge in [0.25, 0.3) is 0 Å². The highest BCUT2D eigenvalue weighted by atomic mass is 16.1. The van der Waals surface area contributed by atoms with E-state index in [0.717, 1.165) is 44.9 Å². The fourth-order valence-corrected chi connectivity index (χ4v) is 2.19. The van der Waals surface area contributed by atoms with Crippen LogP contribution in [0.3, 0.4) is 0 Å². The van der Waals surface area contributed by atoms with Crippen LogP contribution in [0.5, 0.6) is 0 Å². The van der Waals surface area contributed by atoms with Crippen LogP contribution in [0.4, 0.5) is 0 Å². The molecule has 0 aromatic heterocycles. The van der Waals surface area contributed by atoms with Crippen LogP contribution in [0.1, 0.15) is 72.6 Å². The molecule has 0 rings (SSSR count). The van der Waals surface area contributed by atoms with Crippen molar-refractivity contribution in [2.24, 2.45) is 11.8 Å². The molecule has 0 unspecified atom stereocenters. The molecular formula is C14H28O. The Morgan fingerprint density at radius 1 is 0.933 bits per heavy atom. The molecule has 0 heterocycles. The minimum Gasteiger partial charge on any atom is -0.299 e. The van der Waals surface area contributed by atoms with E-state index in [2.05, 4.69) is 27.7 Å². The molecule has 0 saturated heterocycles. The third-order valence-electron chi connectivity index (χ3n) is 3.37. The Hall–Kier alpha value is -0.330. The molecule has 0 saturated carbocycles. The number of rotatable bonds is 9. The lowest BCUT2D eigenvalue weighted by molar-refractivity contribution is -0.124. The zero-order valence-electron chi connectivity index (χ0n) is 11.0. The summed E-state index contributed by atoms with van der Waals surface area (Å²) in [6.07, 6.45) is 7.57. The second-order valence-electron chi connectivity index (χ2n) is 4.63. The number of Topliss-reactive ketones (excluding diaryl/α,β-unsaturated/α-hetero) is 1. The van der Waals surface area contributed by atoms with Crippen molar-refractivity contribution in [3.05, 3.63) is 0 Å². The molecule has 0 atom stereocenters. The first-order chi connectivity index (χ1) is 7.19. The van der Waals surface area contributed by atoms with Gasteiger partial charge in [0.1, 0.15) is 5.78 Å². The van der Waals surface area contributed by atoms with Crippen LogP contribution in [-0.2, 0) is 4.79 Å². The fourth-order valence-electron chi connectivity index (χ4n) is 2.19. The van der Waals surface area contributed by atoms with Gasteiger partial charge in [-0.3, -0.25) is 4.79 Å². The molecule has 0 amide bonds. The smallest absolute Gasteiger partial charge is 0.136 e. The van der Waals surface area contributed by atoms with Gasteiger partial charge in [0, 0.05) is 12.3 Å². The number of hydrogen-bond donors (Lipinski definition) is 0. The van der Waals surface area contributed by atoms with Crippen molar-refractivity contribution in [2.45, 2.75) is 72.6 Å². The number of carbonyl (C=O) groups is 1.